The highest BCUT2D eigenvalue weighted by molar-refractivity contribution is 5.61. The Bertz CT molecular complexity index is 964. The number of fused-ring (bicyclic) bond motifs is 2. The topological polar surface area (TPSA) is 41.9 Å². The maximum absolute atomic E-state index is 11.4. The van der Waals surface area contributed by atoms with E-state index >= 15 is 0 Å². The Kier molecular flexibility index (Phi) is 3.55. The van der Waals surface area contributed by atoms with Crippen LogP contribution in [0.1, 0.15) is 69.1 Å². The van der Waals surface area contributed by atoms with Crippen LogP contribution in [-0.4, -0.2) is 53.6 Å². The lowest BCUT2D eigenvalue weighted by Crippen LogP contribution is -2.82. The standard InChI is InChI=1S/C27H37NO3/c1-16-5-8-18-13-20-25-9-10-27(30-4,19(14-25)24(2,3)29)23-26(25,21(18)22(16)31-23)11-12-28(20)15-17-6-7-17/h5,8,17,19-20,23,29H,6-7,9-15H2,1-4H3/t19-,20-,23?,25?,26+,27+/m1/s1. The van der Waals surface area contributed by atoms with Crippen LogP contribution in [0.4, 0.5) is 0 Å². The summed E-state index contributed by atoms with van der Waals surface area (Å²) < 4.78 is 13.5. The van der Waals surface area contributed by atoms with Gasteiger partial charge in [-0.15, -0.1) is 0 Å². The fraction of sp³-hybridized carbons (Fsp3) is 0.778. The van der Waals surface area contributed by atoms with Crippen LogP contribution in [0.25, 0.3) is 0 Å². The van der Waals surface area contributed by atoms with E-state index in [0.29, 0.717) is 6.04 Å². The van der Waals surface area contributed by atoms with Gasteiger partial charge < -0.3 is 14.6 Å². The van der Waals surface area contributed by atoms with E-state index in [1.807, 2.05) is 21.0 Å². The third-order valence-electron chi connectivity index (χ3n) is 10.7. The molecule has 4 nitrogen and oxygen atoms in total. The molecular formula is C27H37NO3. The van der Waals surface area contributed by atoms with Crippen LogP contribution in [-0.2, 0) is 16.6 Å². The molecule has 2 aliphatic heterocycles. The van der Waals surface area contributed by atoms with Crippen molar-refractivity contribution in [1.29, 1.82) is 0 Å². The zero-order valence-electron chi connectivity index (χ0n) is 19.5. The van der Waals surface area contributed by atoms with Gasteiger partial charge in [-0.25, -0.2) is 0 Å². The molecule has 168 valence electrons. The van der Waals surface area contributed by atoms with Crippen molar-refractivity contribution >= 4 is 0 Å². The average molecular weight is 424 g/mol. The third-order valence-corrected chi connectivity index (χ3v) is 10.7. The normalized spacial score (nSPS) is 44.9. The Morgan fingerprint density at radius 2 is 2.03 bits per heavy atom. The fourth-order valence-corrected chi connectivity index (χ4v) is 9.38. The molecule has 31 heavy (non-hydrogen) atoms. The lowest BCUT2D eigenvalue weighted by atomic mass is 9.34. The van der Waals surface area contributed by atoms with E-state index in [-0.39, 0.29) is 22.9 Å². The minimum atomic E-state index is -0.784. The molecule has 4 bridgehead atoms. The summed E-state index contributed by atoms with van der Waals surface area (Å²) in [4.78, 5) is 2.87. The fourth-order valence-electron chi connectivity index (χ4n) is 9.38. The van der Waals surface area contributed by atoms with Crippen LogP contribution in [0.3, 0.4) is 0 Å². The van der Waals surface area contributed by atoms with Gasteiger partial charge in [0.2, 0.25) is 0 Å². The molecule has 1 saturated heterocycles. The van der Waals surface area contributed by atoms with E-state index in [2.05, 4.69) is 24.0 Å². The zero-order valence-corrected chi connectivity index (χ0v) is 19.5. The van der Waals surface area contributed by atoms with Crippen molar-refractivity contribution in [3.8, 4) is 5.75 Å². The van der Waals surface area contributed by atoms with E-state index in [0.717, 1.165) is 30.9 Å². The van der Waals surface area contributed by atoms with Gasteiger partial charge in [-0.2, -0.15) is 0 Å². The highest BCUT2D eigenvalue weighted by atomic mass is 16.6. The van der Waals surface area contributed by atoms with E-state index in [1.54, 1.807) is 0 Å². The van der Waals surface area contributed by atoms with E-state index < -0.39 is 11.2 Å². The van der Waals surface area contributed by atoms with Crippen LogP contribution < -0.4 is 4.74 Å². The van der Waals surface area contributed by atoms with Crippen LogP contribution in [0.5, 0.6) is 5.75 Å². The van der Waals surface area contributed by atoms with E-state index in [9.17, 15) is 5.11 Å². The van der Waals surface area contributed by atoms with Gasteiger partial charge >= 0.3 is 0 Å². The molecule has 5 fully saturated rings. The van der Waals surface area contributed by atoms with E-state index in [4.69, 9.17) is 9.47 Å². The first-order valence-corrected chi connectivity index (χ1v) is 12.6. The molecule has 1 N–H and O–H groups in total. The van der Waals surface area contributed by atoms with Crippen molar-refractivity contribution in [2.24, 2.45) is 17.3 Å². The van der Waals surface area contributed by atoms with Crippen molar-refractivity contribution in [2.75, 3.05) is 20.2 Å². The number of aryl methyl sites for hydroxylation is 1. The number of hydrogen-bond donors (Lipinski definition) is 1. The predicted octanol–water partition coefficient (Wildman–Crippen LogP) is 3.99. The van der Waals surface area contributed by atoms with Gasteiger partial charge in [-0.3, -0.25) is 4.90 Å². The molecule has 2 spiro atoms. The molecule has 2 heterocycles. The number of benzene rings is 1. The first-order chi connectivity index (χ1) is 14.8. The molecule has 0 radical (unpaired) electrons. The van der Waals surface area contributed by atoms with Gasteiger partial charge in [0.05, 0.1) is 5.60 Å². The summed E-state index contributed by atoms with van der Waals surface area (Å²) in [5.74, 6) is 2.16. The molecule has 2 unspecified atom stereocenters. The summed E-state index contributed by atoms with van der Waals surface area (Å²) in [6, 6.07) is 5.24. The summed E-state index contributed by atoms with van der Waals surface area (Å²) in [6.07, 6.45) is 8.41. The Morgan fingerprint density at radius 1 is 1.23 bits per heavy atom. The average Bonchev–Trinajstić information content (AvgIpc) is 3.47. The minimum Gasteiger partial charge on any atom is -0.486 e. The lowest BCUT2D eigenvalue weighted by Gasteiger charge is -2.75. The highest BCUT2D eigenvalue weighted by Gasteiger charge is 2.81. The lowest BCUT2D eigenvalue weighted by molar-refractivity contribution is -0.300. The van der Waals surface area contributed by atoms with Crippen LogP contribution in [0.2, 0.25) is 0 Å². The molecule has 0 amide bonds. The molecule has 4 heteroatoms. The van der Waals surface area contributed by atoms with Crippen LogP contribution in [0, 0.1) is 24.2 Å². The largest absolute Gasteiger partial charge is 0.486 e. The van der Waals surface area contributed by atoms with Crippen LogP contribution >= 0.6 is 0 Å². The number of nitrogens with zero attached hydrogens (tertiary/aromatic N) is 1. The zero-order chi connectivity index (χ0) is 21.4. The molecule has 4 saturated carbocycles. The Balaban J connectivity index is 1.49. The summed E-state index contributed by atoms with van der Waals surface area (Å²) in [5, 5.41) is 11.4. The molecule has 0 aromatic heterocycles. The Hall–Kier alpha value is -1.10. The van der Waals surface area contributed by atoms with Crippen molar-refractivity contribution in [3.63, 3.8) is 0 Å². The minimum absolute atomic E-state index is 0.0182. The maximum atomic E-state index is 11.4. The van der Waals surface area contributed by atoms with Crippen molar-refractivity contribution in [2.45, 2.75) is 94.5 Å². The monoisotopic (exact) mass is 423 g/mol. The number of ether oxygens (including phenoxy) is 2. The molecular weight excluding hydrogens is 386 g/mol. The number of rotatable bonds is 4. The number of hydrogen-bond acceptors (Lipinski definition) is 4. The van der Waals surface area contributed by atoms with Gasteiger partial charge in [0.25, 0.3) is 0 Å². The van der Waals surface area contributed by atoms with Gasteiger partial charge in [0.1, 0.15) is 17.5 Å². The van der Waals surface area contributed by atoms with Crippen LogP contribution in [0.15, 0.2) is 12.1 Å². The van der Waals surface area contributed by atoms with Crippen molar-refractivity contribution < 1.29 is 14.6 Å². The molecule has 8 rings (SSSR count). The Morgan fingerprint density at radius 3 is 2.74 bits per heavy atom. The predicted molar refractivity (Wildman–Crippen MR) is 119 cm³/mol. The number of methoxy groups -OCH3 is 1. The summed E-state index contributed by atoms with van der Waals surface area (Å²) in [6.45, 7) is 8.66. The summed E-state index contributed by atoms with van der Waals surface area (Å²) in [7, 11) is 1.87. The summed E-state index contributed by atoms with van der Waals surface area (Å²) in [5.41, 5.74) is 3.36. The SMILES string of the molecule is CO[C@@]12CCC3(C[C@@H]1C(C)(C)O)[C@H]1Cc4ccc(C)c5c4[C@@]3(CCN1CC1CC1)C2O5. The van der Waals surface area contributed by atoms with Gasteiger partial charge in [-0.1, -0.05) is 12.1 Å². The number of piperidine rings is 1. The molecule has 1 aromatic carbocycles. The molecule has 1 aromatic rings. The molecule has 7 aliphatic rings. The quantitative estimate of drug-likeness (QED) is 0.795. The van der Waals surface area contributed by atoms with Gasteiger partial charge in [-0.05, 0) is 89.3 Å². The second-order valence-electron chi connectivity index (χ2n) is 12.3. The first kappa shape index (κ1) is 19.4. The second kappa shape index (κ2) is 5.69. The first-order valence-electron chi connectivity index (χ1n) is 12.6. The highest BCUT2D eigenvalue weighted by Crippen LogP contribution is 2.77. The Labute approximate surface area is 186 Å². The molecule has 5 aliphatic carbocycles. The van der Waals surface area contributed by atoms with Crippen molar-refractivity contribution in [3.05, 3.63) is 28.8 Å². The molecule has 6 atom stereocenters. The second-order valence-corrected chi connectivity index (χ2v) is 12.3. The maximum Gasteiger partial charge on any atom is 0.138 e. The number of likely N-dealkylation sites (tertiary alicyclic amines) is 1. The van der Waals surface area contributed by atoms with Crippen molar-refractivity contribution in [1.82, 2.24) is 4.90 Å². The smallest absolute Gasteiger partial charge is 0.138 e. The van der Waals surface area contributed by atoms with E-state index in [1.165, 1.54) is 55.5 Å². The number of aliphatic hydroxyl groups is 1. The third kappa shape index (κ3) is 2.05. The van der Waals surface area contributed by atoms with Gasteiger partial charge in [0, 0.05) is 42.0 Å². The van der Waals surface area contributed by atoms with Gasteiger partial charge in [0.15, 0.2) is 0 Å². The summed E-state index contributed by atoms with van der Waals surface area (Å²) >= 11 is 0.